The highest BCUT2D eigenvalue weighted by Crippen LogP contribution is 2.26. The second kappa shape index (κ2) is 7.29. The van der Waals surface area contributed by atoms with Gasteiger partial charge in [-0.25, -0.2) is 9.37 Å². The summed E-state index contributed by atoms with van der Waals surface area (Å²) in [7, 11) is 0. The summed E-state index contributed by atoms with van der Waals surface area (Å²) >= 11 is 0. The zero-order valence-corrected chi connectivity index (χ0v) is 14.4. The van der Waals surface area contributed by atoms with Gasteiger partial charge < -0.3 is 19.3 Å². The van der Waals surface area contributed by atoms with Crippen LogP contribution in [-0.4, -0.2) is 48.7 Å². The number of carbonyl (C=O) groups is 1. The van der Waals surface area contributed by atoms with E-state index in [9.17, 15) is 9.18 Å². The van der Waals surface area contributed by atoms with E-state index < -0.39 is 0 Å². The van der Waals surface area contributed by atoms with Gasteiger partial charge in [0.1, 0.15) is 23.1 Å². The SMILES string of the molecule is O=C1COc2ccc(N3CCOCC3)nc2CN1Cc1ccc(F)cc1. The van der Waals surface area contributed by atoms with Crippen LogP contribution in [0.2, 0.25) is 0 Å². The van der Waals surface area contributed by atoms with Crippen molar-refractivity contribution in [3.63, 3.8) is 0 Å². The average Bonchev–Trinajstić information content (AvgIpc) is 2.83. The number of amides is 1. The van der Waals surface area contributed by atoms with Gasteiger partial charge in [0.25, 0.3) is 5.91 Å². The number of carbonyl (C=O) groups excluding carboxylic acids is 1. The highest BCUT2D eigenvalue weighted by Gasteiger charge is 2.24. The Morgan fingerprint density at radius 2 is 1.85 bits per heavy atom. The van der Waals surface area contributed by atoms with Crippen LogP contribution in [0.25, 0.3) is 0 Å². The molecule has 0 N–H and O–H groups in total. The summed E-state index contributed by atoms with van der Waals surface area (Å²) in [6, 6.07) is 9.97. The van der Waals surface area contributed by atoms with Gasteiger partial charge in [-0.15, -0.1) is 0 Å². The van der Waals surface area contributed by atoms with E-state index in [1.54, 1.807) is 17.0 Å². The minimum Gasteiger partial charge on any atom is -0.482 e. The van der Waals surface area contributed by atoms with Crippen molar-refractivity contribution in [3.8, 4) is 5.75 Å². The van der Waals surface area contributed by atoms with Crippen molar-refractivity contribution >= 4 is 11.7 Å². The molecule has 1 aromatic carbocycles. The molecule has 1 fully saturated rings. The van der Waals surface area contributed by atoms with Crippen LogP contribution in [0.1, 0.15) is 11.3 Å². The molecule has 0 radical (unpaired) electrons. The largest absolute Gasteiger partial charge is 0.482 e. The molecule has 0 aliphatic carbocycles. The fourth-order valence-electron chi connectivity index (χ4n) is 3.14. The van der Waals surface area contributed by atoms with Gasteiger partial charge in [-0.2, -0.15) is 0 Å². The Morgan fingerprint density at radius 1 is 1.08 bits per heavy atom. The standard InChI is InChI=1S/C19H20FN3O3/c20-15-3-1-14(2-4-15)11-23-12-16-17(26-13-19(23)24)5-6-18(21-16)22-7-9-25-10-8-22/h1-6H,7-13H2. The number of hydrogen-bond donors (Lipinski definition) is 0. The summed E-state index contributed by atoms with van der Waals surface area (Å²) in [5.74, 6) is 1.10. The normalized spacial score (nSPS) is 17.5. The molecular formula is C19H20FN3O3. The second-order valence-corrected chi connectivity index (χ2v) is 6.38. The monoisotopic (exact) mass is 357 g/mol. The van der Waals surface area contributed by atoms with Crippen LogP contribution in [0.5, 0.6) is 5.75 Å². The van der Waals surface area contributed by atoms with Crippen molar-refractivity contribution in [1.82, 2.24) is 9.88 Å². The predicted molar refractivity (Wildman–Crippen MR) is 93.4 cm³/mol. The Balaban J connectivity index is 1.55. The van der Waals surface area contributed by atoms with Crippen LogP contribution >= 0.6 is 0 Å². The first kappa shape index (κ1) is 16.8. The number of fused-ring (bicyclic) bond motifs is 1. The lowest BCUT2D eigenvalue weighted by atomic mass is 10.2. The fraction of sp³-hybridized carbons (Fsp3) is 0.368. The first-order chi connectivity index (χ1) is 12.7. The number of rotatable bonds is 3. The van der Waals surface area contributed by atoms with Gasteiger partial charge >= 0.3 is 0 Å². The van der Waals surface area contributed by atoms with Gasteiger partial charge in [0.05, 0.1) is 19.8 Å². The summed E-state index contributed by atoms with van der Waals surface area (Å²) in [5.41, 5.74) is 1.61. The van der Waals surface area contributed by atoms with Crippen molar-refractivity contribution in [2.75, 3.05) is 37.8 Å². The van der Waals surface area contributed by atoms with Gasteiger partial charge in [-0.3, -0.25) is 4.79 Å². The molecule has 2 aliphatic heterocycles. The van der Waals surface area contributed by atoms with E-state index in [-0.39, 0.29) is 18.3 Å². The van der Waals surface area contributed by atoms with E-state index in [2.05, 4.69) is 4.90 Å². The minimum atomic E-state index is -0.290. The Morgan fingerprint density at radius 3 is 2.62 bits per heavy atom. The molecule has 0 atom stereocenters. The summed E-state index contributed by atoms with van der Waals surface area (Å²) in [4.78, 5) is 21.0. The smallest absolute Gasteiger partial charge is 0.261 e. The molecule has 3 heterocycles. The molecule has 2 aliphatic rings. The number of hydrogen-bond acceptors (Lipinski definition) is 5. The third-order valence-corrected chi connectivity index (χ3v) is 4.58. The van der Waals surface area contributed by atoms with E-state index in [4.69, 9.17) is 14.5 Å². The number of pyridine rings is 1. The highest BCUT2D eigenvalue weighted by molar-refractivity contribution is 5.78. The Kier molecular flexibility index (Phi) is 4.71. The van der Waals surface area contributed by atoms with Gasteiger partial charge in [-0.05, 0) is 29.8 Å². The lowest BCUT2D eigenvalue weighted by molar-refractivity contribution is -0.133. The van der Waals surface area contributed by atoms with Crippen LogP contribution in [0.15, 0.2) is 36.4 Å². The summed E-state index contributed by atoms with van der Waals surface area (Å²) in [6.45, 7) is 3.70. The number of morpholine rings is 1. The Hall–Kier alpha value is -2.67. The first-order valence-corrected chi connectivity index (χ1v) is 8.67. The number of aromatic nitrogens is 1. The molecule has 1 saturated heterocycles. The summed E-state index contributed by atoms with van der Waals surface area (Å²) < 4.78 is 24.1. The van der Waals surface area contributed by atoms with Gasteiger partial charge in [0, 0.05) is 19.6 Å². The molecule has 26 heavy (non-hydrogen) atoms. The lowest BCUT2D eigenvalue weighted by Gasteiger charge is -2.28. The van der Waals surface area contributed by atoms with Crippen molar-refractivity contribution in [3.05, 3.63) is 53.5 Å². The van der Waals surface area contributed by atoms with Crippen LogP contribution in [0.3, 0.4) is 0 Å². The van der Waals surface area contributed by atoms with E-state index in [1.165, 1.54) is 12.1 Å². The van der Waals surface area contributed by atoms with Gasteiger partial charge in [0.15, 0.2) is 6.61 Å². The zero-order chi connectivity index (χ0) is 17.9. The third kappa shape index (κ3) is 3.62. The number of ether oxygens (including phenoxy) is 2. The Bertz CT molecular complexity index is 791. The molecule has 136 valence electrons. The first-order valence-electron chi connectivity index (χ1n) is 8.67. The zero-order valence-electron chi connectivity index (χ0n) is 14.4. The lowest BCUT2D eigenvalue weighted by Crippen LogP contribution is -2.37. The van der Waals surface area contributed by atoms with Gasteiger partial charge in [-0.1, -0.05) is 12.1 Å². The number of nitrogens with zero attached hydrogens (tertiary/aromatic N) is 3. The molecule has 6 nitrogen and oxygen atoms in total. The fourth-order valence-corrected chi connectivity index (χ4v) is 3.14. The number of benzene rings is 1. The number of anilines is 1. The van der Waals surface area contributed by atoms with E-state index in [0.29, 0.717) is 32.1 Å². The van der Waals surface area contributed by atoms with E-state index in [1.807, 2.05) is 12.1 Å². The summed E-state index contributed by atoms with van der Waals surface area (Å²) in [5, 5.41) is 0. The molecule has 0 bridgehead atoms. The van der Waals surface area contributed by atoms with Crippen LogP contribution in [0.4, 0.5) is 10.2 Å². The quantitative estimate of drug-likeness (QED) is 0.841. The maximum atomic E-state index is 13.1. The van der Waals surface area contributed by atoms with Crippen molar-refractivity contribution in [1.29, 1.82) is 0 Å². The maximum absolute atomic E-state index is 13.1. The van der Waals surface area contributed by atoms with Crippen molar-refractivity contribution in [2.45, 2.75) is 13.1 Å². The molecule has 1 aromatic heterocycles. The molecular weight excluding hydrogens is 337 g/mol. The van der Waals surface area contributed by atoms with Crippen LogP contribution in [-0.2, 0) is 22.6 Å². The molecule has 7 heteroatoms. The van der Waals surface area contributed by atoms with Gasteiger partial charge in [0.2, 0.25) is 0 Å². The van der Waals surface area contributed by atoms with Crippen LogP contribution < -0.4 is 9.64 Å². The van der Waals surface area contributed by atoms with Crippen LogP contribution in [0, 0.1) is 5.82 Å². The predicted octanol–water partition coefficient (Wildman–Crippen LogP) is 1.98. The average molecular weight is 357 g/mol. The molecule has 0 spiro atoms. The molecule has 0 unspecified atom stereocenters. The highest BCUT2D eigenvalue weighted by atomic mass is 19.1. The molecule has 0 saturated carbocycles. The molecule has 2 aromatic rings. The number of halogens is 1. The third-order valence-electron chi connectivity index (χ3n) is 4.58. The maximum Gasteiger partial charge on any atom is 0.261 e. The van der Waals surface area contributed by atoms with E-state index >= 15 is 0 Å². The topological polar surface area (TPSA) is 54.9 Å². The van der Waals surface area contributed by atoms with Crippen molar-refractivity contribution < 1.29 is 18.7 Å². The Labute approximate surface area is 151 Å². The van der Waals surface area contributed by atoms with Crippen molar-refractivity contribution in [2.24, 2.45) is 0 Å². The van der Waals surface area contributed by atoms with E-state index in [0.717, 1.165) is 30.2 Å². The molecule has 1 amide bonds. The summed E-state index contributed by atoms with van der Waals surface area (Å²) in [6.07, 6.45) is 0. The minimum absolute atomic E-state index is 0.0211. The molecule has 4 rings (SSSR count). The second-order valence-electron chi connectivity index (χ2n) is 6.38.